The number of hydrogen-bond acceptors (Lipinski definition) is 4. The molecule has 2 rings (SSSR count). The van der Waals surface area contributed by atoms with Crippen LogP contribution in [-0.4, -0.2) is 19.4 Å². The van der Waals surface area contributed by atoms with Gasteiger partial charge in [0.05, 0.1) is 11.3 Å². The molecule has 108 valence electrons. The number of rotatable bonds is 8. The molecule has 1 atom stereocenters. The van der Waals surface area contributed by atoms with E-state index in [1.165, 1.54) is 9.77 Å². The molecule has 1 N–H and O–H groups in total. The third-order valence-corrected chi connectivity index (χ3v) is 5.27. The molecule has 0 saturated carbocycles. The van der Waals surface area contributed by atoms with Gasteiger partial charge in [0, 0.05) is 11.8 Å². The molecule has 1 aromatic carbocycles. The van der Waals surface area contributed by atoms with Crippen molar-refractivity contribution >= 4 is 23.1 Å². The summed E-state index contributed by atoms with van der Waals surface area (Å²) in [6.07, 6.45) is 1.15. The first kappa shape index (κ1) is 15.4. The first-order chi connectivity index (χ1) is 9.83. The second kappa shape index (κ2) is 8.35. The van der Waals surface area contributed by atoms with Gasteiger partial charge in [-0.1, -0.05) is 25.1 Å². The van der Waals surface area contributed by atoms with E-state index in [0.717, 1.165) is 24.5 Å². The third-order valence-electron chi connectivity index (χ3n) is 3.05. The van der Waals surface area contributed by atoms with Crippen LogP contribution < -0.4 is 10.1 Å². The molecule has 0 aliphatic carbocycles. The van der Waals surface area contributed by atoms with Crippen molar-refractivity contribution in [3.63, 3.8) is 0 Å². The van der Waals surface area contributed by atoms with Crippen molar-refractivity contribution < 1.29 is 4.74 Å². The van der Waals surface area contributed by atoms with Gasteiger partial charge in [-0.25, -0.2) is 0 Å². The second-order valence-corrected chi connectivity index (χ2v) is 6.79. The van der Waals surface area contributed by atoms with Crippen molar-refractivity contribution in [3.05, 3.63) is 47.3 Å². The number of hydrogen-bond donors (Lipinski definition) is 1. The molecule has 0 fully saturated rings. The summed E-state index contributed by atoms with van der Waals surface area (Å²) >= 11 is 3.72. The molecule has 1 unspecified atom stereocenters. The van der Waals surface area contributed by atoms with Crippen LogP contribution in [0.15, 0.2) is 46.0 Å². The first-order valence-corrected chi connectivity index (χ1v) is 8.73. The summed E-state index contributed by atoms with van der Waals surface area (Å²) in [5.41, 5.74) is 1.32. The van der Waals surface area contributed by atoms with Gasteiger partial charge in [0.15, 0.2) is 0 Å². The normalized spacial score (nSPS) is 12.3. The van der Waals surface area contributed by atoms with Crippen LogP contribution in [0.5, 0.6) is 5.75 Å². The Hall–Kier alpha value is -0.970. The molecule has 0 saturated heterocycles. The maximum Gasteiger partial charge on any atom is 0.118 e. The Kier molecular flexibility index (Phi) is 6.43. The number of thiophene rings is 1. The van der Waals surface area contributed by atoms with Crippen LogP contribution in [0.25, 0.3) is 0 Å². The predicted octanol–water partition coefficient (Wildman–Crippen LogP) is 4.59. The van der Waals surface area contributed by atoms with E-state index in [0.29, 0.717) is 6.04 Å². The molecular formula is C16H21NOS2. The van der Waals surface area contributed by atoms with Crippen LogP contribution in [0, 0.1) is 0 Å². The Labute approximate surface area is 129 Å². The smallest absolute Gasteiger partial charge is 0.118 e. The fraction of sp³-hybridized carbons (Fsp3) is 0.375. The summed E-state index contributed by atoms with van der Waals surface area (Å²) in [5.74, 6) is 1.96. The van der Waals surface area contributed by atoms with Gasteiger partial charge in [-0.15, -0.1) is 23.1 Å². The maximum atomic E-state index is 5.22. The lowest BCUT2D eigenvalue weighted by molar-refractivity contribution is 0.414. The average Bonchev–Trinajstić information content (AvgIpc) is 3.01. The number of methoxy groups -OCH3 is 1. The Morgan fingerprint density at radius 2 is 2.05 bits per heavy atom. The van der Waals surface area contributed by atoms with Crippen molar-refractivity contribution in [2.24, 2.45) is 0 Å². The van der Waals surface area contributed by atoms with Gasteiger partial charge in [-0.05, 0) is 42.1 Å². The van der Waals surface area contributed by atoms with Crippen LogP contribution in [-0.2, 0) is 0 Å². The molecule has 0 amide bonds. The van der Waals surface area contributed by atoms with Crippen LogP contribution in [0.1, 0.15) is 24.9 Å². The van der Waals surface area contributed by atoms with Crippen molar-refractivity contribution in [1.29, 1.82) is 0 Å². The lowest BCUT2D eigenvalue weighted by Gasteiger charge is -2.18. The van der Waals surface area contributed by atoms with E-state index in [9.17, 15) is 0 Å². The molecule has 1 aromatic heterocycles. The highest BCUT2D eigenvalue weighted by Gasteiger charge is 2.11. The SMILES string of the molecule is CCCNC(CSc1cccs1)c1ccc(OC)cc1. The number of thioether (sulfide) groups is 1. The standard InChI is InChI=1S/C16H21NOS2/c1-3-10-17-15(12-20-16-5-4-11-19-16)13-6-8-14(18-2)9-7-13/h4-9,11,15,17H,3,10,12H2,1-2H3. The van der Waals surface area contributed by atoms with Crippen LogP contribution in [0.4, 0.5) is 0 Å². The molecule has 0 aliphatic heterocycles. The summed E-state index contributed by atoms with van der Waals surface area (Å²) in [7, 11) is 1.70. The first-order valence-electron chi connectivity index (χ1n) is 6.87. The van der Waals surface area contributed by atoms with E-state index in [2.05, 4.69) is 41.9 Å². The minimum atomic E-state index is 0.382. The summed E-state index contributed by atoms with van der Waals surface area (Å²) < 4.78 is 6.60. The third kappa shape index (κ3) is 4.54. The Morgan fingerprint density at radius 1 is 1.25 bits per heavy atom. The Morgan fingerprint density at radius 3 is 2.65 bits per heavy atom. The van der Waals surface area contributed by atoms with Crippen molar-refractivity contribution in [2.75, 3.05) is 19.4 Å². The second-order valence-electron chi connectivity index (χ2n) is 4.52. The van der Waals surface area contributed by atoms with Gasteiger partial charge in [0.2, 0.25) is 0 Å². The fourth-order valence-electron chi connectivity index (χ4n) is 1.94. The van der Waals surface area contributed by atoms with Crippen molar-refractivity contribution in [2.45, 2.75) is 23.6 Å². The zero-order chi connectivity index (χ0) is 14.2. The summed E-state index contributed by atoms with van der Waals surface area (Å²) in [4.78, 5) is 0. The van der Waals surface area contributed by atoms with Gasteiger partial charge in [-0.3, -0.25) is 0 Å². The van der Waals surface area contributed by atoms with Crippen molar-refractivity contribution in [3.8, 4) is 5.75 Å². The van der Waals surface area contributed by atoms with Gasteiger partial charge in [0.25, 0.3) is 0 Å². The predicted molar refractivity (Wildman–Crippen MR) is 89.1 cm³/mol. The van der Waals surface area contributed by atoms with E-state index in [1.807, 2.05) is 23.9 Å². The molecule has 0 radical (unpaired) electrons. The fourth-order valence-corrected chi connectivity index (χ4v) is 3.85. The maximum absolute atomic E-state index is 5.22. The summed E-state index contributed by atoms with van der Waals surface area (Å²) in [6.45, 7) is 3.24. The molecule has 0 spiro atoms. The highest BCUT2D eigenvalue weighted by Crippen LogP contribution is 2.28. The average molecular weight is 307 g/mol. The molecule has 4 heteroatoms. The minimum Gasteiger partial charge on any atom is -0.497 e. The lowest BCUT2D eigenvalue weighted by Crippen LogP contribution is -2.24. The quantitative estimate of drug-likeness (QED) is 0.721. The van der Waals surface area contributed by atoms with Crippen molar-refractivity contribution in [1.82, 2.24) is 5.32 Å². The lowest BCUT2D eigenvalue weighted by atomic mass is 10.1. The van der Waals surface area contributed by atoms with Gasteiger partial charge in [-0.2, -0.15) is 0 Å². The van der Waals surface area contributed by atoms with Gasteiger partial charge >= 0.3 is 0 Å². The van der Waals surface area contributed by atoms with E-state index in [-0.39, 0.29) is 0 Å². The van der Waals surface area contributed by atoms with Gasteiger partial charge in [0.1, 0.15) is 5.75 Å². The zero-order valence-corrected chi connectivity index (χ0v) is 13.6. The molecule has 0 aliphatic rings. The Bertz CT molecular complexity index is 482. The van der Waals surface area contributed by atoms with E-state index < -0.39 is 0 Å². The highest BCUT2D eigenvalue weighted by molar-refractivity contribution is 8.01. The highest BCUT2D eigenvalue weighted by atomic mass is 32.2. The molecule has 1 heterocycles. The monoisotopic (exact) mass is 307 g/mol. The zero-order valence-electron chi connectivity index (χ0n) is 12.0. The summed E-state index contributed by atoms with van der Waals surface area (Å²) in [6, 6.07) is 13.0. The molecule has 2 aromatic rings. The Balaban J connectivity index is 2.01. The molecule has 20 heavy (non-hydrogen) atoms. The minimum absolute atomic E-state index is 0.382. The molecule has 0 bridgehead atoms. The number of nitrogens with one attached hydrogen (secondary N) is 1. The van der Waals surface area contributed by atoms with E-state index in [4.69, 9.17) is 4.74 Å². The topological polar surface area (TPSA) is 21.3 Å². The molecule has 2 nitrogen and oxygen atoms in total. The summed E-state index contributed by atoms with van der Waals surface area (Å²) in [5, 5.41) is 5.76. The molecular weight excluding hydrogens is 286 g/mol. The van der Waals surface area contributed by atoms with E-state index in [1.54, 1.807) is 18.4 Å². The number of benzene rings is 1. The van der Waals surface area contributed by atoms with Crippen LogP contribution >= 0.6 is 23.1 Å². The van der Waals surface area contributed by atoms with Crippen LogP contribution in [0.3, 0.4) is 0 Å². The van der Waals surface area contributed by atoms with E-state index >= 15 is 0 Å². The number of ether oxygens (including phenoxy) is 1. The largest absolute Gasteiger partial charge is 0.497 e. The van der Waals surface area contributed by atoms with Crippen LogP contribution in [0.2, 0.25) is 0 Å². The van der Waals surface area contributed by atoms with Gasteiger partial charge < -0.3 is 10.1 Å².